The topological polar surface area (TPSA) is 64.6 Å². The van der Waals surface area contributed by atoms with Crippen molar-refractivity contribution in [1.82, 2.24) is 5.32 Å². The molecule has 5 nitrogen and oxygen atoms in total. The molecular weight excluding hydrogens is 246 g/mol. The first-order valence-corrected chi connectivity index (χ1v) is 6.75. The number of ketones is 1. The normalized spacial score (nSPS) is 36.7. The molecule has 3 rings (SSSR count). The van der Waals surface area contributed by atoms with E-state index in [4.69, 9.17) is 9.47 Å². The van der Waals surface area contributed by atoms with Crippen LogP contribution in [0.2, 0.25) is 0 Å². The van der Waals surface area contributed by atoms with Crippen LogP contribution in [0.3, 0.4) is 0 Å². The second kappa shape index (κ2) is 4.15. The van der Waals surface area contributed by atoms with E-state index in [1.807, 2.05) is 13.8 Å². The third-order valence-corrected chi connectivity index (χ3v) is 3.81. The van der Waals surface area contributed by atoms with Crippen LogP contribution in [0.25, 0.3) is 0 Å². The molecule has 1 saturated carbocycles. The van der Waals surface area contributed by atoms with Crippen LogP contribution in [0.5, 0.6) is 0 Å². The van der Waals surface area contributed by atoms with Crippen molar-refractivity contribution in [3.63, 3.8) is 0 Å². The monoisotopic (exact) mass is 265 g/mol. The van der Waals surface area contributed by atoms with Crippen molar-refractivity contribution in [3.8, 4) is 0 Å². The Morgan fingerprint density at radius 1 is 1.37 bits per heavy atom. The van der Waals surface area contributed by atoms with E-state index in [0.717, 1.165) is 18.4 Å². The van der Waals surface area contributed by atoms with Crippen LogP contribution in [0, 0.1) is 5.92 Å². The van der Waals surface area contributed by atoms with E-state index in [0.29, 0.717) is 5.92 Å². The van der Waals surface area contributed by atoms with Crippen LogP contribution in [0.1, 0.15) is 33.6 Å². The van der Waals surface area contributed by atoms with Crippen molar-refractivity contribution in [1.29, 1.82) is 0 Å². The van der Waals surface area contributed by atoms with Gasteiger partial charge in [-0.3, -0.25) is 9.59 Å². The zero-order valence-corrected chi connectivity index (χ0v) is 11.4. The number of nitrogens with one attached hydrogen (secondary N) is 1. The summed E-state index contributed by atoms with van der Waals surface area (Å²) in [6.45, 7) is 5.08. The zero-order valence-electron chi connectivity index (χ0n) is 11.4. The fraction of sp³-hybridized carbons (Fsp3) is 0.714. The summed E-state index contributed by atoms with van der Waals surface area (Å²) in [4.78, 5) is 23.5. The smallest absolute Gasteiger partial charge is 0.217 e. The van der Waals surface area contributed by atoms with Gasteiger partial charge >= 0.3 is 0 Å². The molecule has 1 heterocycles. The minimum atomic E-state index is -0.718. The summed E-state index contributed by atoms with van der Waals surface area (Å²) in [5, 5.41) is 2.68. The fourth-order valence-corrected chi connectivity index (χ4v) is 2.93. The molecular formula is C14H19NO4. The highest BCUT2D eigenvalue weighted by molar-refractivity contribution is 5.99. The first kappa shape index (κ1) is 12.8. The highest BCUT2D eigenvalue weighted by Gasteiger charge is 2.53. The minimum Gasteiger partial charge on any atom is -0.343 e. The Hall–Kier alpha value is -1.20. The molecule has 0 spiro atoms. The summed E-state index contributed by atoms with van der Waals surface area (Å²) in [5.41, 5.74) is 1.04. The number of hydrogen-bond donors (Lipinski definition) is 1. The van der Waals surface area contributed by atoms with Gasteiger partial charge in [0, 0.05) is 6.92 Å². The van der Waals surface area contributed by atoms with Crippen molar-refractivity contribution < 1.29 is 19.1 Å². The van der Waals surface area contributed by atoms with Gasteiger partial charge in [-0.25, -0.2) is 0 Å². The number of carbonyl (C=O) groups excluding carboxylic acids is 2. The van der Waals surface area contributed by atoms with Crippen LogP contribution in [0.4, 0.5) is 0 Å². The molecule has 104 valence electrons. The van der Waals surface area contributed by atoms with Gasteiger partial charge in [0.25, 0.3) is 0 Å². The maximum absolute atomic E-state index is 12.2. The van der Waals surface area contributed by atoms with E-state index >= 15 is 0 Å². The van der Waals surface area contributed by atoms with Gasteiger partial charge < -0.3 is 14.8 Å². The first-order valence-electron chi connectivity index (χ1n) is 6.75. The average Bonchev–Trinajstić information content (AvgIpc) is 3.05. The summed E-state index contributed by atoms with van der Waals surface area (Å²) in [5.74, 6) is -0.578. The van der Waals surface area contributed by atoms with Crippen LogP contribution >= 0.6 is 0 Å². The number of rotatable bonds is 2. The summed E-state index contributed by atoms with van der Waals surface area (Å²) in [6, 6.07) is -0.633. The van der Waals surface area contributed by atoms with Gasteiger partial charge in [0.15, 0.2) is 11.6 Å². The predicted octanol–water partition coefficient (Wildman–Crippen LogP) is 0.930. The Kier molecular flexibility index (Phi) is 2.80. The van der Waals surface area contributed by atoms with Gasteiger partial charge in [0.1, 0.15) is 18.2 Å². The number of fused-ring (bicyclic) bond motifs is 1. The molecule has 3 aliphatic rings. The molecule has 2 aliphatic carbocycles. The van der Waals surface area contributed by atoms with E-state index in [-0.39, 0.29) is 17.8 Å². The summed E-state index contributed by atoms with van der Waals surface area (Å²) < 4.78 is 11.8. The average molecular weight is 265 g/mol. The minimum absolute atomic E-state index is 0.0837. The lowest BCUT2D eigenvalue weighted by Gasteiger charge is -2.30. The number of ether oxygens (including phenoxy) is 2. The Morgan fingerprint density at radius 2 is 2.05 bits per heavy atom. The van der Waals surface area contributed by atoms with Crippen LogP contribution in [-0.2, 0) is 19.1 Å². The summed E-state index contributed by atoms with van der Waals surface area (Å²) in [7, 11) is 0. The molecule has 0 aromatic heterocycles. The maximum Gasteiger partial charge on any atom is 0.217 e. The highest BCUT2D eigenvalue weighted by Crippen LogP contribution is 2.46. The van der Waals surface area contributed by atoms with Crippen molar-refractivity contribution in [3.05, 3.63) is 11.6 Å². The SMILES string of the molecule is CC(=O)N[C@@H]1C(=O)C=C(C2CC2)[C@H]2OC(C)(C)O[C@@H]12. The van der Waals surface area contributed by atoms with Gasteiger partial charge in [0.2, 0.25) is 5.91 Å². The highest BCUT2D eigenvalue weighted by atomic mass is 16.8. The molecule has 2 fully saturated rings. The van der Waals surface area contributed by atoms with Crippen molar-refractivity contribution >= 4 is 11.7 Å². The second-order valence-corrected chi connectivity index (χ2v) is 6.02. The van der Waals surface area contributed by atoms with Crippen molar-refractivity contribution in [2.24, 2.45) is 5.92 Å². The Morgan fingerprint density at radius 3 is 2.63 bits per heavy atom. The number of carbonyl (C=O) groups is 2. The molecule has 0 aromatic rings. The van der Waals surface area contributed by atoms with Crippen LogP contribution in [0.15, 0.2) is 11.6 Å². The van der Waals surface area contributed by atoms with Crippen molar-refractivity contribution in [2.45, 2.75) is 57.6 Å². The Bertz CT molecular complexity index is 464. The quantitative estimate of drug-likeness (QED) is 0.806. The number of hydrogen-bond acceptors (Lipinski definition) is 4. The molecule has 1 amide bonds. The van der Waals surface area contributed by atoms with E-state index in [9.17, 15) is 9.59 Å². The second-order valence-electron chi connectivity index (χ2n) is 6.02. The standard InChI is InChI=1S/C14H19NO4/c1-7(16)15-11-10(17)6-9(8-4-5-8)12-13(11)19-14(2,3)18-12/h6,8,11-13H,4-5H2,1-3H3,(H,15,16)/t11-,12-,13+/m1/s1. The molecule has 1 N–H and O–H groups in total. The summed E-state index contributed by atoms with van der Waals surface area (Å²) in [6.07, 6.45) is 3.25. The molecule has 1 aliphatic heterocycles. The van der Waals surface area contributed by atoms with Crippen LogP contribution in [-0.4, -0.2) is 35.7 Å². The van der Waals surface area contributed by atoms with Crippen molar-refractivity contribution in [2.75, 3.05) is 0 Å². The molecule has 1 saturated heterocycles. The third kappa shape index (κ3) is 2.32. The Labute approximate surface area is 112 Å². The van der Waals surface area contributed by atoms with Crippen LogP contribution < -0.4 is 5.32 Å². The molecule has 0 bridgehead atoms. The zero-order chi connectivity index (χ0) is 13.8. The molecule has 3 atom stereocenters. The van der Waals surface area contributed by atoms with Gasteiger partial charge in [-0.2, -0.15) is 0 Å². The fourth-order valence-electron chi connectivity index (χ4n) is 2.93. The van der Waals surface area contributed by atoms with Gasteiger partial charge in [0.05, 0.1) is 0 Å². The molecule has 0 radical (unpaired) electrons. The summed E-state index contributed by atoms with van der Waals surface area (Å²) >= 11 is 0. The van der Waals surface area contributed by atoms with Gasteiger partial charge in [-0.1, -0.05) is 0 Å². The number of amides is 1. The third-order valence-electron chi connectivity index (χ3n) is 3.81. The lowest BCUT2D eigenvalue weighted by atomic mass is 9.86. The molecule has 0 aromatic carbocycles. The van der Waals surface area contributed by atoms with E-state index < -0.39 is 17.9 Å². The van der Waals surface area contributed by atoms with Gasteiger partial charge in [-0.05, 0) is 44.3 Å². The van der Waals surface area contributed by atoms with E-state index in [1.54, 1.807) is 6.08 Å². The molecule has 0 unspecified atom stereocenters. The Balaban J connectivity index is 1.92. The van der Waals surface area contributed by atoms with Gasteiger partial charge in [-0.15, -0.1) is 0 Å². The molecule has 5 heteroatoms. The van der Waals surface area contributed by atoms with E-state index in [2.05, 4.69) is 5.32 Å². The predicted molar refractivity (Wildman–Crippen MR) is 67.2 cm³/mol. The molecule has 19 heavy (non-hydrogen) atoms. The lowest BCUT2D eigenvalue weighted by molar-refractivity contribution is -0.149. The largest absolute Gasteiger partial charge is 0.343 e. The maximum atomic E-state index is 12.2. The first-order chi connectivity index (χ1) is 8.87. The lowest BCUT2D eigenvalue weighted by Crippen LogP contribution is -2.54. The van der Waals surface area contributed by atoms with E-state index in [1.165, 1.54) is 6.92 Å².